The zero-order valence-electron chi connectivity index (χ0n) is 10.6. The second kappa shape index (κ2) is 7.88. The van der Waals surface area contributed by atoms with Crippen LogP contribution in [0.2, 0.25) is 0 Å². The van der Waals surface area contributed by atoms with Gasteiger partial charge in [-0.05, 0) is 24.5 Å². The van der Waals surface area contributed by atoms with Crippen LogP contribution in [0.4, 0.5) is 0 Å². The molecule has 0 saturated carbocycles. The molecule has 0 bridgehead atoms. The number of aryl methyl sites for hydroxylation is 1. The molecule has 0 aliphatic heterocycles. The molecule has 0 amide bonds. The zero-order chi connectivity index (χ0) is 12.5. The molecule has 0 unspecified atom stereocenters. The molecule has 2 heteroatoms. The maximum atomic E-state index is 10.9. The predicted molar refractivity (Wildman–Crippen MR) is 70.6 cm³/mol. The highest BCUT2D eigenvalue weighted by molar-refractivity contribution is 5.81. The van der Waals surface area contributed by atoms with Gasteiger partial charge in [-0.3, -0.25) is 4.79 Å². The molecule has 0 radical (unpaired) electrons. The second-order valence-electron chi connectivity index (χ2n) is 4.49. The third-order valence-electron chi connectivity index (χ3n) is 3.09. The number of hydrogen-bond donors (Lipinski definition) is 1. The van der Waals surface area contributed by atoms with Gasteiger partial charge in [0.15, 0.2) is 6.29 Å². The van der Waals surface area contributed by atoms with E-state index in [9.17, 15) is 9.90 Å². The van der Waals surface area contributed by atoms with Gasteiger partial charge in [0.1, 0.15) is 5.75 Å². The molecule has 1 aromatic carbocycles. The molecule has 2 nitrogen and oxygen atoms in total. The first-order valence-electron chi connectivity index (χ1n) is 6.55. The molecule has 94 valence electrons. The lowest BCUT2D eigenvalue weighted by Gasteiger charge is -2.06. The van der Waals surface area contributed by atoms with Crippen molar-refractivity contribution in [3.63, 3.8) is 0 Å². The maximum absolute atomic E-state index is 10.9. The predicted octanol–water partition coefficient (Wildman–Crippen LogP) is 4.11. The van der Waals surface area contributed by atoms with E-state index >= 15 is 0 Å². The summed E-state index contributed by atoms with van der Waals surface area (Å²) in [6, 6.07) is 5.29. The number of phenols is 1. The third kappa shape index (κ3) is 4.59. The Hall–Kier alpha value is -1.31. The van der Waals surface area contributed by atoms with Crippen LogP contribution < -0.4 is 0 Å². The van der Waals surface area contributed by atoms with Crippen molar-refractivity contribution in [3.05, 3.63) is 29.3 Å². The van der Waals surface area contributed by atoms with Crippen molar-refractivity contribution in [2.75, 3.05) is 0 Å². The van der Waals surface area contributed by atoms with E-state index in [0.717, 1.165) is 24.7 Å². The first-order valence-corrected chi connectivity index (χ1v) is 6.55. The van der Waals surface area contributed by atoms with Crippen LogP contribution in [0.25, 0.3) is 0 Å². The SMILES string of the molecule is CCCCCCCCc1cccc(O)c1C=O. The number of aldehydes is 1. The van der Waals surface area contributed by atoms with Gasteiger partial charge in [0.2, 0.25) is 0 Å². The van der Waals surface area contributed by atoms with Crippen molar-refractivity contribution in [2.45, 2.75) is 51.9 Å². The van der Waals surface area contributed by atoms with E-state index in [1.165, 1.54) is 32.1 Å². The first kappa shape index (κ1) is 13.8. The number of carbonyl (C=O) groups is 1. The summed E-state index contributed by atoms with van der Waals surface area (Å²) in [7, 11) is 0. The fourth-order valence-electron chi connectivity index (χ4n) is 2.05. The summed E-state index contributed by atoms with van der Waals surface area (Å²) in [5, 5.41) is 9.53. The van der Waals surface area contributed by atoms with Gasteiger partial charge in [-0.1, -0.05) is 51.2 Å². The molecule has 1 aromatic rings. The summed E-state index contributed by atoms with van der Waals surface area (Å²) in [6.07, 6.45) is 9.08. The van der Waals surface area contributed by atoms with Crippen LogP contribution in [-0.2, 0) is 6.42 Å². The van der Waals surface area contributed by atoms with Crippen molar-refractivity contribution >= 4 is 6.29 Å². The van der Waals surface area contributed by atoms with Crippen LogP contribution in [0.3, 0.4) is 0 Å². The van der Waals surface area contributed by atoms with E-state index in [0.29, 0.717) is 5.56 Å². The number of benzene rings is 1. The Morgan fingerprint density at radius 2 is 1.82 bits per heavy atom. The normalized spacial score (nSPS) is 10.4. The molecule has 0 saturated heterocycles. The summed E-state index contributed by atoms with van der Waals surface area (Å²) in [4.78, 5) is 10.9. The molecule has 0 spiro atoms. The van der Waals surface area contributed by atoms with Crippen LogP contribution in [0.1, 0.15) is 61.4 Å². The number of hydrogen-bond acceptors (Lipinski definition) is 2. The van der Waals surface area contributed by atoms with Crippen molar-refractivity contribution in [3.8, 4) is 5.75 Å². The van der Waals surface area contributed by atoms with Gasteiger partial charge in [-0.15, -0.1) is 0 Å². The van der Waals surface area contributed by atoms with Gasteiger partial charge in [0.25, 0.3) is 0 Å². The maximum Gasteiger partial charge on any atom is 0.154 e. The largest absolute Gasteiger partial charge is 0.507 e. The molecule has 0 aliphatic rings. The molecule has 0 aromatic heterocycles. The van der Waals surface area contributed by atoms with Gasteiger partial charge in [0.05, 0.1) is 5.56 Å². The summed E-state index contributed by atoms with van der Waals surface area (Å²) >= 11 is 0. The quantitative estimate of drug-likeness (QED) is 0.543. The highest BCUT2D eigenvalue weighted by atomic mass is 16.3. The van der Waals surface area contributed by atoms with E-state index in [1.807, 2.05) is 6.07 Å². The van der Waals surface area contributed by atoms with Gasteiger partial charge in [0, 0.05) is 0 Å². The Morgan fingerprint density at radius 3 is 2.53 bits per heavy atom. The minimum absolute atomic E-state index is 0.100. The van der Waals surface area contributed by atoms with Crippen LogP contribution in [0, 0.1) is 0 Å². The molecule has 0 aliphatic carbocycles. The summed E-state index contributed by atoms with van der Waals surface area (Å²) < 4.78 is 0. The Morgan fingerprint density at radius 1 is 1.12 bits per heavy atom. The zero-order valence-corrected chi connectivity index (χ0v) is 10.6. The fourth-order valence-corrected chi connectivity index (χ4v) is 2.05. The highest BCUT2D eigenvalue weighted by Crippen LogP contribution is 2.20. The summed E-state index contributed by atoms with van der Waals surface area (Å²) in [6.45, 7) is 2.21. The second-order valence-corrected chi connectivity index (χ2v) is 4.49. The highest BCUT2D eigenvalue weighted by Gasteiger charge is 2.05. The van der Waals surface area contributed by atoms with Gasteiger partial charge < -0.3 is 5.11 Å². The minimum atomic E-state index is 0.100. The summed E-state index contributed by atoms with van der Waals surface area (Å²) in [5.41, 5.74) is 1.43. The molecule has 1 rings (SSSR count). The van der Waals surface area contributed by atoms with Gasteiger partial charge >= 0.3 is 0 Å². The smallest absolute Gasteiger partial charge is 0.154 e. The third-order valence-corrected chi connectivity index (χ3v) is 3.09. The average Bonchev–Trinajstić information content (AvgIpc) is 2.34. The number of phenolic OH excluding ortho intramolecular Hbond substituents is 1. The van der Waals surface area contributed by atoms with Crippen molar-refractivity contribution in [1.29, 1.82) is 0 Å². The monoisotopic (exact) mass is 234 g/mol. The Bertz CT molecular complexity index is 345. The van der Waals surface area contributed by atoms with Crippen molar-refractivity contribution in [2.24, 2.45) is 0 Å². The molecule has 0 heterocycles. The van der Waals surface area contributed by atoms with Crippen LogP contribution in [0.15, 0.2) is 18.2 Å². The van der Waals surface area contributed by atoms with Gasteiger partial charge in [-0.25, -0.2) is 0 Å². The van der Waals surface area contributed by atoms with E-state index < -0.39 is 0 Å². The van der Waals surface area contributed by atoms with E-state index in [-0.39, 0.29) is 5.75 Å². The number of unbranched alkanes of at least 4 members (excludes halogenated alkanes) is 5. The number of aromatic hydroxyl groups is 1. The Labute approximate surface area is 104 Å². The number of rotatable bonds is 8. The molecular weight excluding hydrogens is 212 g/mol. The van der Waals surface area contributed by atoms with Crippen LogP contribution in [-0.4, -0.2) is 11.4 Å². The topological polar surface area (TPSA) is 37.3 Å². The molecule has 0 fully saturated rings. The van der Waals surface area contributed by atoms with E-state index in [4.69, 9.17) is 0 Å². The van der Waals surface area contributed by atoms with Gasteiger partial charge in [-0.2, -0.15) is 0 Å². The van der Waals surface area contributed by atoms with Crippen molar-refractivity contribution < 1.29 is 9.90 Å². The Balaban J connectivity index is 2.36. The van der Waals surface area contributed by atoms with E-state index in [1.54, 1.807) is 12.1 Å². The fraction of sp³-hybridized carbons (Fsp3) is 0.533. The lowest BCUT2D eigenvalue weighted by Crippen LogP contribution is -1.93. The number of carbonyl (C=O) groups excluding carboxylic acids is 1. The van der Waals surface area contributed by atoms with Crippen molar-refractivity contribution in [1.82, 2.24) is 0 Å². The molecular formula is C15H22O2. The first-order chi connectivity index (χ1) is 8.29. The molecule has 17 heavy (non-hydrogen) atoms. The van der Waals surface area contributed by atoms with Crippen LogP contribution >= 0.6 is 0 Å². The Kier molecular flexibility index (Phi) is 6.38. The minimum Gasteiger partial charge on any atom is -0.507 e. The van der Waals surface area contributed by atoms with E-state index in [2.05, 4.69) is 6.92 Å². The standard InChI is InChI=1S/C15H22O2/c1-2-3-4-5-6-7-9-13-10-8-11-15(17)14(13)12-16/h8,10-12,17H,2-7,9H2,1H3. The molecule has 0 atom stereocenters. The summed E-state index contributed by atoms with van der Waals surface area (Å²) in [5.74, 6) is 0.100. The average molecular weight is 234 g/mol. The lowest BCUT2D eigenvalue weighted by atomic mass is 10.0. The lowest BCUT2D eigenvalue weighted by molar-refractivity contribution is 0.112. The van der Waals surface area contributed by atoms with Crippen LogP contribution in [0.5, 0.6) is 5.75 Å². The molecule has 1 N–H and O–H groups in total.